The number of hydrogen-bond donors (Lipinski definition) is 14. The van der Waals surface area contributed by atoms with Gasteiger partial charge in [-0.25, -0.2) is 0 Å². The summed E-state index contributed by atoms with van der Waals surface area (Å²) in [6.45, 7) is 39.0. The van der Waals surface area contributed by atoms with Crippen LogP contribution in [-0.2, 0) is 0 Å². The van der Waals surface area contributed by atoms with Crippen LogP contribution in [0.25, 0.3) is 0 Å². The van der Waals surface area contributed by atoms with Gasteiger partial charge in [-0.05, 0) is 163 Å². The first-order chi connectivity index (χ1) is 33.4. The van der Waals surface area contributed by atoms with Crippen LogP contribution < -0.4 is 80.3 Å². The Morgan fingerprint density at radius 1 is 0.362 bits per heavy atom. The van der Waals surface area contributed by atoms with Gasteiger partial charge in [0.05, 0.1) is 0 Å². The zero-order valence-electron chi connectivity index (χ0n) is 43.4. The summed E-state index contributed by atoms with van der Waals surface area (Å²) in [6.07, 6.45) is 50.6. The van der Waals surface area contributed by atoms with Gasteiger partial charge in [0.25, 0.3) is 0 Å². The predicted octanol–water partition coefficient (Wildman–Crippen LogP) is 6.01. The van der Waals surface area contributed by atoms with E-state index < -0.39 is 0 Å². The number of nitrogens with zero attached hydrogens (tertiary/aromatic N) is 3. The highest BCUT2D eigenvalue weighted by Crippen LogP contribution is 2.29. The fourth-order valence-corrected chi connectivity index (χ4v) is 4.07. The zero-order chi connectivity index (χ0) is 55.3. The largest absolute Gasteiger partial charge is 0.405 e. The Bertz CT molecular complexity index is 1080. The zero-order valence-corrected chi connectivity index (χ0v) is 43.4. The Balaban J connectivity index is -0.0000000695. The SMILES string of the molecule is C=CC=CN.C=CC=CN.C=CC=CN.C=CN.C=CN.C=CN.C=CN.C=CN.C=CN.CCCN.NC=CC1CC1.NC=CN1CCCC1.NC=CN1CCCCC1.NC=CN1CCCCC1. The van der Waals surface area contributed by atoms with E-state index in [4.69, 9.17) is 45.9 Å². The molecular weight excluding hydrogens is 863 g/mol. The van der Waals surface area contributed by atoms with Crippen molar-refractivity contribution in [2.45, 2.75) is 77.6 Å². The Morgan fingerprint density at radius 2 is 0.565 bits per heavy atom. The minimum atomic E-state index is 0.819. The lowest BCUT2D eigenvalue weighted by molar-refractivity contribution is 0.309. The summed E-state index contributed by atoms with van der Waals surface area (Å²) in [5.41, 5.74) is 68.1. The average Bonchev–Trinajstić information content (AvgIpc) is 4.02. The molecule has 1 saturated carbocycles. The third-order valence-electron chi connectivity index (χ3n) is 6.85. The first-order valence-electron chi connectivity index (χ1n) is 22.8. The van der Waals surface area contributed by atoms with Crippen molar-refractivity contribution in [2.75, 3.05) is 45.8 Å². The van der Waals surface area contributed by atoms with E-state index >= 15 is 0 Å². The van der Waals surface area contributed by atoms with E-state index in [0.29, 0.717) is 0 Å². The van der Waals surface area contributed by atoms with Crippen molar-refractivity contribution >= 4 is 0 Å². The maximum absolute atomic E-state index is 5.24. The van der Waals surface area contributed by atoms with E-state index in [2.05, 4.69) is 121 Å². The van der Waals surface area contributed by atoms with Crippen molar-refractivity contribution in [3.63, 3.8) is 0 Å². The smallest absolute Gasteiger partial charge is 0.0173 e. The molecule has 0 aromatic heterocycles. The molecule has 0 atom stereocenters. The van der Waals surface area contributed by atoms with Crippen molar-refractivity contribution in [1.82, 2.24) is 14.7 Å². The van der Waals surface area contributed by atoms with Crippen molar-refractivity contribution < 1.29 is 0 Å². The molecule has 17 nitrogen and oxygen atoms in total. The number of piperidine rings is 2. The van der Waals surface area contributed by atoms with Gasteiger partial charge in [-0.2, -0.15) is 0 Å². The van der Waals surface area contributed by atoms with E-state index in [9.17, 15) is 0 Å². The third kappa shape index (κ3) is 147. The predicted molar refractivity (Wildman–Crippen MR) is 314 cm³/mol. The van der Waals surface area contributed by atoms with Crippen LogP contribution in [0.4, 0.5) is 0 Å². The van der Waals surface area contributed by atoms with Gasteiger partial charge in [-0.1, -0.05) is 90.4 Å². The second-order valence-electron chi connectivity index (χ2n) is 12.7. The summed E-state index contributed by atoms with van der Waals surface area (Å²) < 4.78 is 0. The van der Waals surface area contributed by atoms with E-state index in [1.165, 1.54) is 159 Å². The molecule has 0 aromatic rings. The molecule has 3 saturated heterocycles. The first-order valence-corrected chi connectivity index (χ1v) is 22.8. The van der Waals surface area contributed by atoms with Crippen molar-refractivity contribution in [3.05, 3.63) is 201 Å². The Kier molecular flexibility index (Phi) is 127. The standard InChI is InChI=1S/2C7H14N2.C6H12N2.C5H9N.3C4H7N.C3H9N.6C2H5N/c2*8-4-7-9-5-2-1-3-6-9;7-3-6-8-4-1-2-5-8;6-4-3-5-1-2-5;3*1-2-3-4-5;1-2-3-4;6*1-2-3/h2*4,7H,1-3,5-6,8H2;3,6H,1-2,4-5,7H2;3-5H,1-2,6H2;3*2-4H,1,5H2;2-4H2,1H3;6*2H,1,3H2. The molecule has 17 heteroatoms. The monoisotopic (exact) mass is 972 g/mol. The number of nitrogens with two attached hydrogens (primary N) is 14. The van der Waals surface area contributed by atoms with Crippen LogP contribution in [-0.4, -0.2) is 60.5 Å². The number of rotatable bonds is 8. The fourth-order valence-electron chi connectivity index (χ4n) is 4.07. The van der Waals surface area contributed by atoms with Gasteiger partial charge in [-0.15, -0.1) is 0 Å². The van der Waals surface area contributed by atoms with E-state index in [0.717, 1.165) is 18.9 Å². The molecule has 3 aliphatic heterocycles. The lowest BCUT2D eigenvalue weighted by atomic mass is 10.1. The summed E-state index contributed by atoms with van der Waals surface area (Å²) in [5, 5.41) is 0. The van der Waals surface area contributed by atoms with Crippen molar-refractivity contribution in [3.8, 4) is 0 Å². The Labute approximate surface area is 423 Å². The lowest BCUT2D eigenvalue weighted by Gasteiger charge is -2.24. The number of hydrogen-bond acceptors (Lipinski definition) is 17. The van der Waals surface area contributed by atoms with Crippen molar-refractivity contribution in [2.24, 2.45) is 86.2 Å². The molecule has 4 aliphatic rings. The molecule has 0 aromatic carbocycles. The maximum Gasteiger partial charge on any atom is 0.0173 e. The molecule has 4 fully saturated rings. The topological polar surface area (TPSA) is 374 Å². The number of likely N-dealkylation sites (tertiary alicyclic amines) is 3. The molecule has 3 heterocycles. The molecule has 0 radical (unpaired) electrons. The molecule has 69 heavy (non-hydrogen) atoms. The van der Waals surface area contributed by atoms with Crippen LogP contribution in [0, 0.1) is 5.92 Å². The molecule has 1 aliphatic carbocycles. The van der Waals surface area contributed by atoms with Gasteiger partial charge in [0.1, 0.15) is 0 Å². The van der Waals surface area contributed by atoms with Crippen LogP contribution in [0.2, 0.25) is 0 Å². The van der Waals surface area contributed by atoms with Gasteiger partial charge < -0.3 is 95.0 Å². The quantitative estimate of drug-likeness (QED) is 0.124. The minimum absolute atomic E-state index is 0.819. The second-order valence-corrected chi connectivity index (χ2v) is 12.7. The second kappa shape index (κ2) is 104. The summed E-state index contributed by atoms with van der Waals surface area (Å²) in [6, 6.07) is 0. The van der Waals surface area contributed by atoms with E-state index in [1.54, 1.807) is 61.3 Å². The Morgan fingerprint density at radius 3 is 0.667 bits per heavy atom. The summed E-state index contributed by atoms with van der Waals surface area (Å²) in [7, 11) is 0. The molecule has 0 unspecified atom stereocenters. The van der Waals surface area contributed by atoms with E-state index in [1.807, 2.05) is 18.6 Å². The normalized spacial score (nSPS) is 13.3. The molecule has 0 spiro atoms. The fraction of sp³-hybridized carbons (Fsp3) is 0.385. The first kappa shape index (κ1) is 85.0. The highest BCUT2D eigenvalue weighted by atomic mass is 15.1. The minimum Gasteiger partial charge on any atom is -0.405 e. The number of allylic oxidation sites excluding steroid dienone is 7. The molecule has 0 amide bonds. The molecule has 402 valence electrons. The lowest BCUT2D eigenvalue weighted by Crippen LogP contribution is -2.24. The molecular formula is C52H109N17. The third-order valence-corrected chi connectivity index (χ3v) is 6.85. The van der Waals surface area contributed by atoms with Gasteiger partial charge in [0, 0.05) is 76.5 Å². The Hall–Kier alpha value is -7.40. The van der Waals surface area contributed by atoms with Crippen LogP contribution in [0.1, 0.15) is 77.6 Å². The van der Waals surface area contributed by atoms with Gasteiger partial charge >= 0.3 is 0 Å². The van der Waals surface area contributed by atoms with Crippen LogP contribution in [0.5, 0.6) is 0 Å². The highest BCUT2D eigenvalue weighted by Gasteiger charge is 2.16. The molecule has 4 rings (SSSR count). The van der Waals surface area contributed by atoms with Crippen molar-refractivity contribution in [1.29, 1.82) is 0 Å². The molecule has 28 N–H and O–H groups in total. The average molecular weight is 973 g/mol. The summed E-state index contributed by atoms with van der Waals surface area (Å²) >= 11 is 0. The summed E-state index contributed by atoms with van der Waals surface area (Å²) in [4.78, 5) is 6.77. The van der Waals surface area contributed by atoms with Gasteiger partial charge in [0.2, 0.25) is 0 Å². The van der Waals surface area contributed by atoms with Gasteiger partial charge in [-0.3, -0.25) is 0 Å². The van der Waals surface area contributed by atoms with Gasteiger partial charge in [0.15, 0.2) is 0 Å². The summed E-state index contributed by atoms with van der Waals surface area (Å²) in [5.74, 6) is 0.843. The molecule has 0 bridgehead atoms. The van der Waals surface area contributed by atoms with Crippen LogP contribution in [0.15, 0.2) is 201 Å². The van der Waals surface area contributed by atoms with E-state index in [-0.39, 0.29) is 0 Å². The maximum atomic E-state index is 5.24. The van der Waals surface area contributed by atoms with Crippen LogP contribution in [0.3, 0.4) is 0 Å². The highest BCUT2D eigenvalue weighted by molar-refractivity contribution is 4.95. The van der Waals surface area contributed by atoms with Crippen LogP contribution >= 0.6 is 0 Å².